The highest BCUT2D eigenvalue weighted by atomic mass is 79.9. The first-order chi connectivity index (χ1) is 8.46. The first-order valence-electron chi connectivity index (χ1n) is 5.32. The van der Waals surface area contributed by atoms with Gasteiger partial charge in [-0.1, -0.05) is 27.5 Å². The summed E-state index contributed by atoms with van der Waals surface area (Å²) in [5.41, 5.74) is 0. The Balaban J connectivity index is 2.31. The summed E-state index contributed by atoms with van der Waals surface area (Å²) < 4.78 is 33.0. The van der Waals surface area contributed by atoms with E-state index in [9.17, 15) is 8.42 Å². The highest BCUT2D eigenvalue weighted by Gasteiger charge is 2.34. The summed E-state index contributed by atoms with van der Waals surface area (Å²) in [6.07, 6.45) is 1.19. The number of sulfonamides is 1. The predicted molar refractivity (Wildman–Crippen MR) is 70.5 cm³/mol. The molecular formula is C9H13BrClN3O3S. The van der Waals surface area contributed by atoms with Crippen molar-refractivity contribution in [3.8, 4) is 0 Å². The molecule has 9 heteroatoms. The van der Waals surface area contributed by atoms with Crippen LogP contribution in [0, 0.1) is 0 Å². The smallest absolute Gasteiger partial charge is 0.261 e. The van der Waals surface area contributed by atoms with E-state index in [-0.39, 0.29) is 16.2 Å². The standard InChI is InChI=1S/C9H13BrClN3O3S/c1-13-9(8(11)5-12-13)18(15,16)14-2-3-17-7(4-10)6-14/h5,7H,2-4,6H2,1H3. The largest absolute Gasteiger partial charge is 0.375 e. The quantitative estimate of drug-likeness (QED) is 0.752. The van der Waals surface area contributed by atoms with Gasteiger partial charge in [0.25, 0.3) is 10.0 Å². The molecule has 18 heavy (non-hydrogen) atoms. The third-order valence-corrected chi connectivity index (χ3v) is 5.80. The molecule has 1 unspecified atom stereocenters. The molecule has 0 bridgehead atoms. The highest BCUT2D eigenvalue weighted by molar-refractivity contribution is 9.09. The van der Waals surface area contributed by atoms with Crippen LogP contribution in [0.15, 0.2) is 11.2 Å². The fourth-order valence-corrected chi connectivity index (χ4v) is 4.27. The second-order valence-electron chi connectivity index (χ2n) is 3.93. The van der Waals surface area contributed by atoms with Crippen LogP contribution in [-0.4, -0.2) is 53.6 Å². The van der Waals surface area contributed by atoms with E-state index in [0.29, 0.717) is 25.0 Å². The zero-order valence-electron chi connectivity index (χ0n) is 9.71. The molecule has 1 aromatic rings. The molecule has 1 aromatic heterocycles. The predicted octanol–water partition coefficient (Wildman–Crippen LogP) is 0.858. The van der Waals surface area contributed by atoms with E-state index in [2.05, 4.69) is 21.0 Å². The molecule has 1 saturated heterocycles. The monoisotopic (exact) mass is 357 g/mol. The van der Waals surface area contributed by atoms with Crippen molar-refractivity contribution in [2.75, 3.05) is 25.0 Å². The lowest BCUT2D eigenvalue weighted by Gasteiger charge is -2.31. The summed E-state index contributed by atoms with van der Waals surface area (Å²) in [7, 11) is -2.07. The number of rotatable bonds is 3. The van der Waals surface area contributed by atoms with Crippen LogP contribution < -0.4 is 0 Å². The molecule has 0 aliphatic carbocycles. The fraction of sp³-hybridized carbons (Fsp3) is 0.667. The van der Waals surface area contributed by atoms with E-state index in [4.69, 9.17) is 16.3 Å². The average Bonchev–Trinajstić information content (AvgIpc) is 2.69. The normalized spacial score (nSPS) is 22.3. The second-order valence-corrected chi connectivity index (χ2v) is 6.84. The van der Waals surface area contributed by atoms with Crippen molar-refractivity contribution >= 4 is 37.6 Å². The third-order valence-electron chi connectivity index (χ3n) is 2.70. The van der Waals surface area contributed by atoms with Crippen molar-refractivity contribution in [1.82, 2.24) is 14.1 Å². The van der Waals surface area contributed by atoms with Crippen LogP contribution >= 0.6 is 27.5 Å². The molecule has 0 saturated carbocycles. The molecule has 1 fully saturated rings. The maximum absolute atomic E-state index is 12.5. The second kappa shape index (κ2) is 5.46. The molecule has 0 N–H and O–H groups in total. The maximum atomic E-state index is 12.5. The molecule has 1 aliphatic heterocycles. The molecule has 102 valence electrons. The lowest BCUT2D eigenvalue weighted by atomic mass is 10.3. The van der Waals surface area contributed by atoms with E-state index >= 15 is 0 Å². The summed E-state index contributed by atoms with van der Waals surface area (Å²) in [6.45, 7) is 1.02. The Bertz CT molecular complexity index is 514. The van der Waals surface area contributed by atoms with Crippen LogP contribution in [0.1, 0.15) is 0 Å². The van der Waals surface area contributed by atoms with Crippen LogP contribution in [0.25, 0.3) is 0 Å². The van der Waals surface area contributed by atoms with Crippen LogP contribution in [-0.2, 0) is 21.8 Å². The Hall–Kier alpha value is -0.150. The highest BCUT2D eigenvalue weighted by Crippen LogP contribution is 2.25. The number of morpholine rings is 1. The number of ether oxygens (including phenoxy) is 1. The number of alkyl halides is 1. The Morgan fingerprint density at radius 3 is 2.94 bits per heavy atom. The Kier molecular flexibility index (Phi) is 4.32. The van der Waals surface area contributed by atoms with Gasteiger partial charge in [-0.15, -0.1) is 0 Å². The van der Waals surface area contributed by atoms with E-state index in [0.717, 1.165) is 0 Å². The van der Waals surface area contributed by atoms with Gasteiger partial charge in [-0.2, -0.15) is 9.40 Å². The Morgan fingerprint density at radius 1 is 1.67 bits per heavy atom. The van der Waals surface area contributed by atoms with Gasteiger partial charge in [0.05, 0.1) is 23.9 Å². The molecular weight excluding hydrogens is 346 g/mol. The molecule has 0 spiro atoms. The van der Waals surface area contributed by atoms with Crippen molar-refractivity contribution in [1.29, 1.82) is 0 Å². The van der Waals surface area contributed by atoms with E-state index in [1.807, 2.05) is 0 Å². The minimum absolute atomic E-state index is 0.0272. The SMILES string of the molecule is Cn1ncc(Cl)c1S(=O)(=O)N1CCOC(CBr)C1. The van der Waals surface area contributed by atoms with Gasteiger partial charge in [-0.05, 0) is 0 Å². The minimum Gasteiger partial charge on any atom is -0.375 e. The van der Waals surface area contributed by atoms with Crippen LogP contribution in [0.4, 0.5) is 0 Å². The summed E-state index contributed by atoms with van der Waals surface area (Å²) in [6, 6.07) is 0. The molecule has 0 radical (unpaired) electrons. The van der Waals surface area contributed by atoms with Crippen molar-refractivity contribution in [2.24, 2.45) is 7.05 Å². The molecule has 1 aliphatic rings. The summed E-state index contributed by atoms with van der Waals surface area (Å²) in [5, 5.41) is 4.62. The fourth-order valence-electron chi connectivity index (χ4n) is 1.82. The van der Waals surface area contributed by atoms with Gasteiger partial charge in [-0.25, -0.2) is 8.42 Å². The van der Waals surface area contributed by atoms with Crippen LogP contribution in [0.3, 0.4) is 0 Å². The molecule has 0 amide bonds. The zero-order valence-corrected chi connectivity index (χ0v) is 12.9. The molecule has 2 heterocycles. The van der Waals surface area contributed by atoms with Crippen LogP contribution in [0.2, 0.25) is 5.02 Å². The number of nitrogens with zero attached hydrogens (tertiary/aromatic N) is 3. The summed E-state index contributed by atoms with van der Waals surface area (Å²) >= 11 is 9.18. The van der Waals surface area contributed by atoms with Gasteiger partial charge < -0.3 is 4.74 Å². The molecule has 0 aromatic carbocycles. The van der Waals surface area contributed by atoms with E-state index in [1.165, 1.54) is 15.2 Å². The number of hydrogen-bond acceptors (Lipinski definition) is 4. The van der Waals surface area contributed by atoms with Gasteiger partial charge in [0, 0.05) is 25.5 Å². The van der Waals surface area contributed by atoms with Crippen molar-refractivity contribution in [3.05, 3.63) is 11.2 Å². The molecule has 2 rings (SSSR count). The topological polar surface area (TPSA) is 64.4 Å². The lowest BCUT2D eigenvalue weighted by molar-refractivity contribution is 0.0135. The van der Waals surface area contributed by atoms with Gasteiger partial charge in [0.1, 0.15) is 0 Å². The molecule has 6 nitrogen and oxygen atoms in total. The lowest BCUT2D eigenvalue weighted by Crippen LogP contribution is -2.46. The number of hydrogen-bond donors (Lipinski definition) is 0. The maximum Gasteiger partial charge on any atom is 0.261 e. The number of halogens is 2. The summed E-state index contributed by atoms with van der Waals surface area (Å²) in [4.78, 5) is 0. The van der Waals surface area contributed by atoms with Crippen molar-refractivity contribution in [2.45, 2.75) is 11.1 Å². The zero-order chi connectivity index (χ0) is 13.3. The Morgan fingerprint density at radius 2 is 2.39 bits per heavy atom. The first kappa shape index (κ1) is 14.3. The minimum atomic E-state index is -3.62. The van der Waals surface area contributed by atoms with Gasteiger partial charge >= 0.3 is 0 Å². The van der Waals surface area contributed by atoms with E-state index in [1.54, 1.807) is 7.05 Å². The number of aryl methyl sites for hydroxylation is 1. The third kappa shape index (κ3) is 2.57. The van der Waals surface area contributed by atoms with Gasteiger partial charge in [0.2, 0.25) is 0 Å². The summed E-state index contributed by atoms with van der Waals surface area (Å²) in [5.74, 6) is 0. The number of aromatic nitrogens is 2. The molecule has 1 atom stereocenters. The van der Waals surface area contributed by atoms with Crippen LogP contribution in [0.5, 0.6) is 0 Å². The Labute approximate surface area is 119 Å². The average molecular weight is 359 g/mol. The van der Waals surface area contributed by atoms with Crippen molar-refractivity contribution < 1.29 is 13.2 Å². The first-order valence-corrected chi connectivity index (χ1v) is 8.26. The van der Waals surface area contributed by atoms with Gasteiger partial charge in [0.15, 0.2) is 5.03 Å². The van der Waals surface area contributed by atoms with E-state index < -0.39 is 10.0 Å². The van der Waals surface area contributed by atoms with Crippen molar-refractivity contribution in [3.63, 3.8) is 0 Å². The van der Waals surface area contributed by atoms with Gasteiger partial charge in [-0.3, -0.25) is 4.68 Å².